The largest absolute Gasteiger partial charge is 0.464 e. The molecule has 1 aromatic carbocycles. The number of furan rings is 1. The Morgan fingerprint density at radius 3 is 3.14 bits per heavy atom. The van der Waals surface area contributed by atoms with Gasteiger partial charge in [0.15, 0.2) is 5.13 Å². The Morgan fingerprint density at radius 1 is 1.52 bits per heavy atom. The number of hydrogen-bond acceptors (Lipinski definition) is 5. The highest BCUT2D eigenvalue weighted by Crippen LogP contribution is 2.25. The minimum atomic E-state index is -0.216. The van der Waals surface area contributed by atoms with Crippen LogP contribution in [0.1, 0.15) is 10.4 Å². The third-order valence-electron chi connectivity index (χ3n) is 2.83. The Bertz CT molecular complexity index is 863. The Hall–Kier alpha value is -2.36. The van der Waals surface area contributed by atoms with Crippen LogP contribution in [0.4, 0.5) is 5.13 Å². The molecule has 0 radical (unpaired) electrons. The molecule has 0 atom stereocenters. The average Bonchev–Trinajstić information content (AvgIpc) is 3.06. The topological polar surface area (TPSA) is 78.9 Å². The number of nitrogens with one attached hydrogen (secondary N) is 1. The van der Waals surface area contributed by atoms with Gasteiger partial charge in [0.1, 0.15) is 16.5 Å². The highest BCUT2D eigenvalue weighted by Gasteiger charge is 2.12. The van der Waals surface area contributed by atoms with Gasteiger partial charge in [0, 0.05) is 16.0 Å². The number of carbonyl (C=O) groups is 1. The fourth-order valence-electron chi connectivity index (χ4n) is 1.91. The quantitative estimate of drug-likeness (QED) is 0.800. The highest BCUT2D eigenvalue weighted by molar-refractivity contribution is 7.16. The fraction of sp³-hybridized carbons (Fsp3) is 0.0714. The van der Waals surface area contributed by atoms with Crippen molar-refractivity contribution in [2.24, 2.45) is 0 Å². The molecule has 104 valence electrons. The second-order valence-corrected chi connectivity index (χ2v) is 5.73. The van der Waals surface area contributed by atoms with Crippen LogP contribution < -0.4 is 5.32 Å². The van der Waals surface area contributed by atoms with Crippen LogP contribution in [0.5, 0.6) is 0 Å². The normalized spacial score (nSPS) is 10.5. The maximum atomic E-state index is 12.0. The number of nitriles is 1. The summed E-state index contributed by atoms with van der Waals surface area (Å²) in [6.07, 6.45) is 3.13. The molecule has 21 heavy (non-hydrogen) atoms. The van der Waals surface area contributed by atoms with Crippen molar-refractivity contribution in [3.8, 4) is 6.07 Å². The van der Waals surface area contributed by atoms with Crippen molar-refractivity contribution in [1.82, 2.24) is 4.98 Å². The van der Waals surface area contributed by atoms with Crippen LogP contribution in [-0.2, 0) is 11.2 Å². The monoisotopic (exact) mass is 317 g/mol. The molecule has 0 spiro atoms. The van der Waals surface area contributed by atoms with Crippen LogP contribution in [-0.4, -0.2) is 10.9 Å². The number of aromatic nitrogens is 1. The molecule has 7 heteroatoms. The van der Waals surface area contributed by atoms with Gasteiger partial charge in [0.05, 0.1) is 18.9 Å². The fourth-order valence-corrected chi connectivity index (χ4v) is 2.71. The number of hydrogen-bond donors (Lipinski definition) is 1. The molecule has 3 aromatic rings. The summed E-state index contributed by atoms with van der Waals surface area (Å²) in [6.45, 7) is 0. The van der Waals surface area contributed by atoms with E-state index >= 15 is 0 Å². The molecule has 3 rings (SSSR count). The van der Waals surface area contributed by atoms with Crippen molar-refractivity contribution in [2.75, 3.05) is 5.32 Å². The molecule has 0 saturated heterocycles. The van der Waals surface area contributed by atoms with Gasteiger partial charge in [-0.15, -0.1) is 0 Å². The summed E-state index contributed by atoms with van der Waals surface area (Å²) in [7, 11) is 0. The number of halogens is 1. The van der Waals surface area contributed by atoms with Gasteiger partial charge < -0.3 is 9.73 Å². The van der Waals surface area contributed by atoms with E-state index in [2.05, 4.69) is 10.3 Å². The van der Waals surface area contributed by atoms with Crippen molar-refractivity contribution in [3.63, 3.8) is 0 Å². The Labute approximate surface area is 128 Å². The Kier molecular flexibility index (Phi) is 3.60. The van der Waals surface area contributed by atoms with Crippen LogP contribution in [0, 0.1) is 11.3 Å². The van der Waals surface area contributed by atoms with E-state index in [9.17, 15) is 4.79 Å². The second kappa shape index (κ2) is 5.56. The molecular weight excluding hydrogens is 310 g/mol. The number of fused-ring (bicyclic) bond motifs is 1. The molecule has 2 heterocycles. The van der Waals surface area contributed by atoms with Gasteiger partial charge in [-0.3, -0.25) is 4.79 Å². The highest BCUT2D eigenvalue weighted by atomic mass is 35.5. The lowest BCUT2D eigenvalue weighted by atomic mass is 10.1. The van der Waals surface area contributed by atoms with Gasteiger partial charge in [-0.05, 0) is 18.2 Å². The zero-order valence-electron chi connectivity index (χ0n) is 10.6. The standard InChI is InChI=1S/C14H8ClN3O2S/c15-9-1-2-11-8(7-20-12(11)4-9)3-13(19)18-14-17-6-10(5-16)21-14/h1-2,4,6-7H,3H2,(H,17,18,19). The maximum Gasteiger partial charge on any atom is 0.230 e. The number of benzene rings is 1. The van der Waals surface area contributed by atoms with Gasteiger partial charge >= 0.3 is 0 Å². The lowest BCUT2D eigenvalue weighted by Crippen LogP contribution is -2.13. The lowest BCUT2D eigenvalue weighted by molar-refractivity contribution is -0.115. The molecule has 0 saturated carbocycles. The Balaban J connectivity index is 1.75. The van der Waals surface area contributed by atoms with E-state index in [-0.39, 0.29) is 12.3 Å². The first-order valence-corrected chi connectivity index (χ1v) is 7.16. The summed E-state index contributed by atoms with van der Waals surface area (Å²) in [4.78, 5) is 16.4. The van der Waals surface area contributed by atoms with Gasteiger partial charge in [-0.1, -0.05) is 22.9 Å². The van der Waals surface area contributed by atoms with Gasteiger partial charge in [0.25, 0.3) is 0 Å². The van der Waals surface area contributed by atoms with E-state index in [1.54, 1.807) is 18.4 Å². The summed E-state index contributed by atoms with van der Waals surface area (Å²) < 4.78 is 5.38. The number of carbonyl (C=O) groups excluding carboxylic acids is 1. The third-order valence-corrected chi connectivity index (χ3v) is 3.88. The maximum absolute atomic E-state index is 12.0. The zero-order valence-corrected chi connectivity index (χ0v) is 12.2. The molecule has 1 N–H and O–H groups in total. The third kappa shape index (κ3) is 2.89. The summed E-state index contributed by atoms with van der Waals surface area (Å²) in [5.41, 5.74) is 1.42. The molecule has 0 unspecified atom stereocenters. The molecule has 0 aliphatic carbocycles. The van der Waals surface area contributed by atoms with Crippen LogP contribution >= 0.6 is 22.9 Å². The van der Waals surface area contributed by atoms with Crippen molar-refractivity contribution in [2.45, 2.75) is 6.42 Å². The van der Waals surface area contributed by atoms with E-state index in [0.717, 1.165) is 22.3 Å². The zero-order chi connectivity index (χ0) is 14.8. The van der Waals surface area contributed by atoms with E-state index in [1.165, 1.54) is 6.20 Å². The number of amides is 1. The van der Waals surface area contributed by atoms with Gasteiger partial charge in [0.2, 0.25) is 5.91 Å². The predicted molar refractivity (Wildman–Crippen MR) is 80.4 cm³/mol. The molecule has 0 fully saturated rings. The van der Waals surface area contributed by atoms with Gasteiger partial charge in [-0.2, -0.15) is 5.26 Å². The summed E-state index contributed by atoms with van der Waals surface area (Å²) >= 11 is 7.02. The first-order chi connectivity index (χ1) is 10.2. The lowest BCUT2D eigenvalue weighted by Gasteiger charge is -2.00. The summed E-state index contributed by atoms with van der Waals surface area (Å²) in [6, 6.07) is 7.25. The second-order valence-electron chi connectivity index (χ2n) is 4.27. The number of rotatable bonds is 3. The number of thiazole rings is 1. The molecule has 0 bridgehead atoms. The van der Waals surface area contributed by atoms with Crippen LogP contribution in [0.15, 0.2) is 35.1 Å². The predicted octanol–water partition coefficient (Wildman–Crippen LogP) is 3.60. The molecular formula is C14H8ClN3O2S. The van der Waals surface area contributed by atoms with Crippen LogP contribution in [0.25, 0.3) is 11.0 Å². The molecule has 5 nitrogen and oxygen atoms in total. The smallest absolute Gasteiger partial charge is 0.230 e. The van der Waals surface area contributed by atoms with E-state index in [0.29, 0.717) is 20.6 Å². The first-order valence-electron chi connectivity index (χ1n) is 5.97. The molecule has 0 aliphatic rings. The summed E-state index contributed by atoms with van der Waals surface area (Å²) in [5.74, 6) is -0.216. The van der Waals surface area contributed by atoms with Crippen molar-refractivity contribution in [1.29, 1.82) is 5.26 Å². The van der Waals surface area contributed by atoms with Crippen molar-refractivity contribution in [3.05, 3.63) is 46.1 Å². The van der Waals surface area contributed by atoms with E-state index < -0.39 is 0 Å². The SMILES string of the molecule is N#Cc1cnc(NC(=O)Cc2coc3cc(Cl)ccc23)s1. The van der Waals surface area contributed by atoms with E-state index in [1.807, 2.05) is 12.1 Å². The molecule has 0 aliphatic heterocycles. The summed E-state index contributed by atoms with van der Waals surface area (Å²) in [5, 5.41) is 13.2. The minimum absolute atomic E-state index is 0.163. The van der Waals surface area contributed by atoms with Crippen LogP contribution in [0.2, 0.25) is 5.02 Å². The number of nitrogens with zero attached hydrogens (tertiary/aromatic N) is 2. The minimum Gasteiger partial charge on any atom is -0.464 e. The molecule has 2 aromatic heterocycles. The average molecular weight is 318 g/mol. The van der Waals surface area contributed by atoms with Crippen molar-refractivity contribution >= 4 is 44.9 Å². The van der Waals surface area contributed by atoms with Crippen LogP contribution in [0.3, 0.4) is 0 Å². The molecule has 1 amide bonds. The van der Waals surface area contributed by atoms with Crippen molar-refractivity contribution < 1.29 is 9.21 Å². The van der Waals surface area contributed by atoms with E-state index in [4.69, 9.17) is 21.3 Å². The van der Waals surface area contributed by atoms with Gasteiger partial charge in [-0.25, -0.2) is 4.98 Å². The Morgan fingerprint density at radius 2 is 2.38 bits per heavy atom. The number of anilines is 1. The first kappa shape index (κ1) is 13.6.